The van der Waals surface area contributed by atoms with Crippen LogP contribution in [0.25, 0.3) is 0 Å². The number of hydrogen-bond donors (Lipinski definition) is 0. The van der Waals surface area contributed by atoms with Gasteiger partial charge in [-0.05, 0) is 90.6 Å². The maximum atomic E-state index is 12.6. The number of thioether (sulfide) groups is 3. The largest absolute Gasteiger partial charge is 0.462 e. The van der Waals surface area contributed by atoms with Crippen molar-refractivity contribution in [1.82, 2.24) is 4.90 Å². The van der Waals surface area contributed by atoms with E-state index in [1.807, 2.05) is 25.9 Å². The topological polar surface area (TPSA) is 63.7 Å². The van der Waals surface area contributed by atoms with Crippen LogP contribution in [0.2, 0.25) is 0 Å². The molecule has 3 atom stereocenters. The van der Waals surface area contributed by atoms with Crippen molar-refractivity contribution in [2.24, 2.45) is 5.92 Å². The van der Waals surface area contributed by atoms with Gasteiger partial charge in [0.25, 0.3) is 0 Å². The molecule has 0 N–H and O–H groups in total. The summed E-state index contributed by atoms with van der Waals surface area (Å²) in [4.78, 5) is 39.5. The summed E-state index contributed by atoms with van der Waals surface area (Å²) < 4.78 is 5.98. The van der Waals surface area contributed by atoms with Gasteiger partial charge in [-0.2, -0.15) is 11.8 Å². The Balaban J connectivity index is 4.20. The molecule has 8 heteroatoms. The van der Waals surface area contributed by atoms with E-state index in [0.717, 1.165) is 102 Å². The minimum Gasteiger partial charge on any atom is -0.462 e. The summed E-state index contributed by atoms with van der Waals surface area (Å²) in [5.74, 6) is 2.51. The first-order chi connectivity index (χ1) is 24.7. The van der Waals surface area contributed by atoms with Crippen LogP contribution in [0.4, 0.5) is 0 Å². The highest BCUT2D eigenvalue weighted by Crippen LogP contribution is 2.24. The third kappa shape index (κ3) is 36.6. The number of carbonyl (C=O) groups is 3. The smallest absolute Gasteiger partial charge is 0.306 e. The summed E-state index contributed by atoms with van der Waals surface area (Å²) in [7, 11) is 4.07. The summed E-state index contributed by atoms with van der Waals surface area (Å²) >= 11 is 5.03. The number of carbonyl (C=O) groups excluding carboxylic acids is 3. The summed E-state index contributed by atoms with van der Waals surface area (Å²) in [6.07, 6.45) is 33.3. The zero-order valence-electron chi connectivity index (χ0n) is 34.5. The van der Waals surface area contributed by atoms with Crippen LogP contribution >= 0.6 is 35.3 Å². The van der Waals surface area contributed by atoms with E-state index in [1.54, 1.807) is 23.5 Å². The molecular formula is C43H83NO4S3. The standard InChI is InChI=1S/C43H83NO4S3/c1-7-9-11-15-21-28-38(3)36-50-42(46)33-25-19-13-17-22-29-39(48-41(45)32-27-35-44(4)5)30-23-18-14-20-26-34-43(47)51-37-40(49-6)31-24-16-12-10-8-2/h38-40H,7-37H2,1-6H3. The van der Waals surface area contributed by atoms with E-state index < -0.39 is 0 Å². The van der Waals surface area contributed by atoms with Crippen molar-refractivity contribution in [1.29, 1.82) is 0 Å². The van der Waals surface area contributed by atoms with Gasteiger partial charge in [-0.3, -0.25) is 14.4 Å². The monoisotopic (exact) mass is 774 g/mol. The van der Waals surface area contributed by atoms with Crippen molar-refractivity contribution in [3.63, 3.8) is 0 Å². The van der Waals surface area contributed by atoms with Crippen LogP contribution in [0.5, 0.6) is 0 Å². The molecule has 0 aromatic carbocycles. The Kier molecular flexibility index (Phi) is 38.0. The molecule has 0 aliphatic carbocycles. The highest BCUT2D eigenvalue weighted by Gasteiger charge is 2.15. The molecule has 0 amide bonds. The normalized spacial score (nSPS) is 13.4. The third-order valence-electron chi connectivity index (χ3n) is 9.82. The summed E-state index contributed by atoms with van der Waals surface area (Å²) in [5.41, 5.74) is 0. The number of unbranched alkanes of at least 4 members (excludes halogenated alkanes) is 16. The quantitative estimate of drug-likeness (QED) is 0.0454. The van der Waals surface area contributed by atoms with Gasteiger partial charge in [0.05, 0.1) is 0 Å². The molecule has 0 heterocycles. The van der Waals surface area contributed by atoms with Gasteiger partial charge in [-0.25, -0.2) is 0 Å². The van der Waals surface area contributed by atoms with E-state index in [-0.39, 0.29) is 12.1 Å². The van der Waals surface area contributed by atoms with E-state index in [4.69, 9.17) is 4.74 Å². The first kappa shape index (κ1) is 50.8. The maximum Gasteiger partial charge on any atom is 0.306 e. The number of hydrogen-bond acceptors (Lipinski definition) is 8. The fraction of sp³-hybridized carbons (Fsp3) is 0.930. The van der Waals surface area contributed by atoms with Crippen molar-refractivity contribution in [3.8, 4) is 0 Å². The molecule has 5 nitrogen and oxygen atoms in total. The Labute approximate surface area is 330 Å². The van der Waals surface area contributed by atoms with Gasteiger partial charge in [0.1, 0.15) is 6.10 Å². The van der Waals surface area contributed by atoms with Gasteiger partial charge in [-0.1, -0.05) is 147 Å². The third-order valence-corrected chi connectivity index (χ3v) is 13.5. The highest BCUT2D eigenvalue weighted by atomic mass is 32.2. The van der Waals surface area contributed by atoms with E-state index in [0.29, 0.717) is 40.7 Å². The molecule has 302 valence electrons. The average molecular weight is 774 g/mol. The van der Waals surface area contributed by atoms with Gasteiger partial charge in [0.15, 0.2) is 10.2 Å². The van der Waals surface area contributed by atoms with Crippen LogP contribution in [0.3, 0.4) is 0 Å². The lowest BCUT2D eigenvalue weighted by Crippen LogP contribution is -2.20. The molecule has 0 aliphatic heterocycles. The Morgan fingerprint density at radius 3 is 1.51 bits per heavy atom. The number of nitrogens with zero attached hydrogens (tertiary/aromatic N) is 1. The number of esters is 1. The van der Waals surface area contributed by atoms with Crippen molar-refractivity contribution in [2.75, 3.05) is 38.4 Å². The van der Waals surface area contributed by atoms with E-state index in [9.17, 15) is 14.4 Å². The second-order valence-electron chi connectivity index (χ2n) is 15.4. The van der Waals surface area contributed by atoms with Crippen molar-refractivity contribution < 1.29 is 19.1 Å². The van der Waals surface area contributed by atoms with Gasteiger partial charge < -0.3 is 9.64 Å². The highest BCUT2D eigenvalue weighted by molar-refractivity contribution is 8.14. The molecule has 0 rings (SSSR count). The van der Waals surface area contributed by atoms with Crippen molar-refractivity contribution in [2.45, 2.75) is 212 Å². The zero-order chi connectivity index (χ0) is 37.8. The van der Waals surface area contributed by atoms with E-state index in [2.05, 4.69) is 31.9 Å². The van der Waals surface area contributed by atoms with Gasteiger partial charge in [0.2, 0.25) is 0 Å². The van der Waals surface area contributed by atoms with Crippen LogP contribution in [0, 0.1) is 5.92 Å². The molecule has 0 radical (unpaired) electrons. The molecule has 0 aliphatic rings. The maximum absolute atomic E-state index is 12.6. The zero-order valence-corrected chi connectivity index (χ0v) is 36.9. The lowest BCUT2D eigenvalue weighted by molar-refractivity contribution is -0.150. The molecule has 0 fully saturated rings. The molecule has 0 aromatic rings. The predicted molar refractivity (Wildman–Crippen MR) is 230 cm³/mol. The molecule has 0 saturated heterocycles. The summed E-state index contributed by atoms with van der Waals surface area (Å²) in [5, 5.41) is 1.33. The lowest BCUT2D eigenvalue weighted by atomic mass is 10.0. The van der Waals surface area contributed by atoms with Crippen LogP contribution < -0.4 is 0 Å². The van der Waals surface area contributed by atoms with E-state index >= 15 is 0 Å². The van der Waals surface area contributed by atoms with Crippen molar-refractivity contribution >= 4 is 51.5 Å². The molecule has 51 heavy (non-hydrogen) atoms. The average Bonchev–Trinajstić information content (AvgIpc) is 3.10. The van der Waals surface area contributed by atoms with E-state index in [1.165, 1.54) is 77.0 Å². The predicted octanol–water partition coefficient (Wildman–Crippen LogP) is 13.3. The van der Waals surface area contributed by atoms with Crippen LogP contribution in [-0.2, 0) is 19.1 Å². The molecular weight excluding hydrogens is 691 g/mol. The minimum absolute atomic E-state index is 0.0115. The van der Waals surface area contributed by atoms with Crippen LogP contribution in [0.1, 0.15) is 201 Å². The molecule has 0 bridgehead atoms. The Hall–Kier alpha value is -0.180. The summed E-state index contributed by atoms with van der Waals surface area (Å²) in [6, 6.07) is 0. The fourth-order valence-corrected chi connectivity index (χ4v) is 9.28. The first-order valence-corrected chi connectivity index (χ1v) is 24.7. The van der Waals surface area contributed by atoms with Gasteiger partial charge in [0, 0.05) is 36.0 Å². The van der Waals surface area contributed by atoms with Gasteiger partial charge >= 0.3 is 5.97 Å². The fourth-order valence-electron chi connectivity index (χ4n) is 6.38. The summed E-state index contributed by atoms with van der Waals surface area (Å²) in [6.45, 7) is 7.70. The molecule has 0 spiro atoms. The molecule has 0 saturated carbocycles. The Morgan fingerprint density at radius 1 is 0.549 bits per heavy atom. The SMILES string of the molecule is CCCCCCCC(C)CSC(=O)CCCCCCCC(CCCCCCCC(=O)SCC(CCCCCCC)SC)OC(=O)CCCN(C)C. The second-order valence-corrected chi connectivity index (χ2v) is 18.7. The van der Waals surface area contributed by atoms with Crippen molar-refractivity contribution in [3.05, 3.63) is 0 Å². The number of ether oxygens (including phenoxy) is 1. The lowest BCUT2D eigenvalue weighted by Gasteiger charge is -2.18. The Morgan fingerprint density at radius 2 is 1.00 bits per heavy atom. The molecule has 3 unspecified atom stereocenters. The molecule has 0 aromatic heterocycles. The number of rotatable bonds is 38. The first-order valence-electron chi connectivity index (χ1n) is 21.4. The minimum atomic E-state index is -0.0557. The van der Waals surface area contributed by atoms with Gasteiger partial charge in [-0.15, -0.1) is 0 Å². The van der Waals surface area contributed by atoms with Crippen LogP contribution in [-0.4, -0.2) is 70.9 Å². The van der Waals surface area contributed by atoms with Crippen LogP contribution in [0.15, 0.2) is 0 Å². The second kappa shape index (κ2) is 38.1. The Bertz CT molecular complexity index is 812.